The number of hydrogen-bond acceptors (Lipinski definition) is 8. The molecule has 2 amide bonds. The molecule has 2 aromatic heterocycles. The van der Waals surface area contributed by atoms with E-state index in [1.165, 1.54) is 4.52 Å². The number of carbonyl (C=O) groups is 2. The fraction of sp³-hybridized carbons (Fsp3) is 0.472. The minimum atomic E-state index is -4.61. The first-order valence-corrected chi connectivity index (χ1v) is 17.4. The Morgan fingerprint density at radius 1 is 1.06 bits per heavy atom. The van der Waals surface area contributed by atoms with Crippen molar-refractivity contribution >= 4 is 40.8 Å². The molecule has 4 aromatic rings. The predicted molar refractivity (Wildman–Crippen MR) is 188 cm³/mol. The minimum Gasteiger partial charge on any atom is -0.444 e. The molecule has 5 heterocycles. The number of ether oxygens (including phenoxy) is 2. The molecule has 2 atom stereocenters. The normalized spacial score (nSPS) is 19.9. The SMILES string of the molecule is C[C@H]1C[C@H](C(=O)Nc2ccc(C(F)(F)F)cc2Cl)n2c1c(N1CCN(C(=O)OC(C)(C)C)CC1)c(=O)n1nc(-c3ccc4c(c3)COC4(C)C)nc21. The van der Waals surface area contributed by atoms with Crippen LogP contribution in [0.4, 0.5) is 29.3 Å². The van der Waals surface area contributed by atoms with Crippen molar-refractivity contribution in [1.29, 1.82) is 0 Å². The summed E-state index contributed by atoms with van der Waals surface area (Å²) >= 11 is 6.21. The zero-order valence-electron chi connectivity index (χ0n) is 29.6. The van der Waals surface area contributed by atoms with E-state index < -0.39 is 46.5 Å². The molecular weight excluding hydrogens is 703 g/mol. The van der Waals surface area contributed by atoms with Gasteiger partial charge in [-0.15, -0.1) is 5.10 Å². The quantitative estimate of drug-likeness (QED) is 0.244. The van der Waals surface area contributed by atoms with Crippen LogP contribution in [-0.2, 0) is 32.7 Å². The Bertz CT molecular complexity index is 2170. The Morgan fingerprint density at radius 3 is 2.42 bits per heavy atom. The maximum Gasteiger partial charge on any atom is 0.416 e. The molecule has 2 aromatic carbocycles. The van der Waals surface area contributed by atoms with E-state index in [-0.39, 0.29) is 34.7 Å². The van der Waals surface area contributed by atoms with Gasteiger partial charge in [0, 0.05) is 37.7 Å². The van der Waals surface area contributed by atoms with Gasteiger partial charge in [-0.3, -0.25) is 14.2 Å². The van der Waals surface area contributed by atoms with E-state index in [0.29, 0.717) is 49.7 Å². The van der Waals surface area contributed by atoms with E-state index in [1.54, 1.807) is 30.2 Å². The lowest BCUT2D eigenvalue weighted by molar-refractivity contribution is -0.137. The van der Waals surface area contributed by atoms with Gasteiger partial charge in [-0.25, -0.2) is 4.79 Å². The summed E-state index contributed by atoms with van der Waals surface area (Å²) in [7, 11) is 0. The van der Waals surface area contributed by atoms with Crippen LogP contribution in [0, 0.1) is 0 Å². The fourth-order valence-corrected chi connectivity index (χ4v) is 7.45. The smallest absolute Gasteiger partial charge is 0.416 e. The second kappa shape index (κ2) is 12.5. The molecule has 276 valence electrons. The molecule has 3 aliphatic heterocycles. The largest absolute Gasteiger partial charge is 0.444 e. The summed E-state index contributed by atoms with van der Waals surface area (Å²) in [6, 6.07) is 7.58. The Labute approximate surface area is 302 Å². The minimum absolute atomic E-state index is 0.0155. The number of fused-ring (bicyclic) bond motifs is 4. The molecule has 52 heavy (non-hydrogen) atoms. The average molecular weight is 742 g/mol. The van der Waals surface area contributed by atoms with Crippen molar-refractivity contribution in [2.24, 2.45) is 0 Å². The summed E-state index contributed by atoms with van der Waals surface area (Å²) in [5.74, 6) is -0.433. The van der Waals surface area contributed by atoms with Crippen molar-refractivity contribution in [2.75, 3.05) is 36.4 Å². The topological polar surface area (TPSA) is 123 Å². The number of hydrogen-bond donors (Lipinski definition) is 1. The predicted octanol–water partition coefficient (Wildman–Crippen LogP) is 6.74. The second-order valence-corrected chi connectivity index (χ2v) is 15.4. The number of carbonyl (C=O) groups excluding carboxylic acids is 2. The monoisotopic (exact) mass is 741 g/mol. The molecule has 3 aliphatic rings. The highest BCUT2D eigenvalue weighted by molar-refractivity contribution is 6.33. The van der Waals surface area contributed by atoms with Gasteiger partial charge in [-0.1, -0.05) is 30.7 Å². The standard InChI is InChI=1S/C36H39ClF3N7O5/c1-19-15-26(30(48)41-25-10-8-22(17-24(25)37)36(38,39)40)46-27(19)28(44-11-13-45(14-12-44)33(50)52-34(2,3)4)31(49)47-32(46)42-29(43-47)20-7-9-23-21(16-20)18-51-35(23,5)6/h7-10,16-17,19,26H,11-15,18H2,1-6H3,(H,41,48)/t19-,26+/m0/s1. The lowest BCUT2D eigenvalue weighted by Gasteiger charge is -2.37. The van der Waals surface area contributed by atoms with Gasteiger partial charge in [0.05, 0.1) is 34.2 Å². The van der Waals surface area contributed by atoms with Crippen LogP contribution < -0.4 is 15.8 Å². The molecule has 7 rings (SSSR count). The highest BCUT2D eigenvalue weighted by Crippen LogP contribution is 2.43. The highest BCUT2D eigenvalue weighted by atomic mass is 35.5. The van der Waals surface area contributed by atoms with Gasteiger partial charge in [0.15, 0.2) is 5.82 Å². The number of benzene rings is 2. The lowest BCUT2D eigenvalue weighted by atomic mass is 9.94. The molecule has 0 spiro atoms. The summed E-state index contributed by atoms with van der Waals surface area (Å²) in [5, 5.41) is 7.11. The summed E-state index contributed by atoms with van der Waals surface area (Å²) in [6.45, 7) is 12.9. The number of piperazine rings is 1. The summed E-state index contributed by atoms with van der Waals surface area (Å²) in [4.78, 5) is 49.6. The van der Waals surface area contributed by atoms with Crippen molar-refractivity contribution < 1.29 is 32.2 Å². The van der Waals surface area contributed by atoms with E-state index in [0.717, 1.165) is 29.3 Å². The third kappa shape index (κ3) is 6.37. The first kappa shape index (κ1) is 35.8. The number of anilines is 2. The van der Waals surface area contributed by atoms with E-state index in [4.69, 9.17) is 26.1 Å². The third-order valence-electron chi connectivity index (χ3n) is 9.76. The summed E-state index contributed by atoms with van der Waals surface area (Å²) in [5.41, 5.74) is 1.13. The van der Waals surface area contributed by atoms with E-state index in [2.05, 4.69) is 10.4 Å². The average Bonchev–Trinajstić information content (AvgIpc) is 3.74. The van der Waals surface area contributed by atoms with Crippen molar-refractivity contribution in [3.63, 3.8) is 0 Å². The van der Waals surface area contributed by atoms with Crippen LogP contribution in [0.3, 0.4) is 0 Å². The van der Waals surface area contributed by atoms with Gasteiger partial charge in [0.2, 0.25) is 11.7 Å². The molecule has 1 saturated heterocycles. The number of rotatable bonds is 4. The zero-order chi connectivity index (χ0) is 37.5. The second-order valence-electron chi connectivity index (χ2n) is 15.0. The van der Waals surface area contributed by atoms with Gasteiger partial charge in [0.1, 0.15) is 17.3 Å². The van der Waals surface area contributed by atoms with Gasteiger partial charge in [0.25, 0.3) is 5.56 Å². The Morgan fingerprint density at radius 2 is 1.77 bits per heavy atom. The van der Waals surface area contributed by atoms with Crippen LogP contribution in [0.2, 0.25) is 5.02 Å². The number of aromatic nitrogens is 4. The van der Waals surface area contributed by atoms with Crippen LogP contribution in [0.5, 0.6) is 0 Å². The lowest BCUT2D eigenvalue weighted by Crippen LogP contribution is -2.51. The van der Waals surface area contributed by atoms with Crippen molar-refractivity contribution in [3.05, 3.63) is 74.2 Å². The number of amides is 2. The summed E-state index contributed by atoms with van der Waals surface area (Å²) in [6.07, 6.45) is -4.78. The van der Waals surface area contributed by atoms with E-state index >= 15 is 0 Å². The third-order valence-corrected chi connectivity index (χ3v) is 10.1. The first-order chi connectivity index (χ1) is 24.3. The van der Waals surface area contributed by atoms with Crippen LogP contribution in [0.25, 0.3) is 17.2 Å². The maximum atomic E-state index is 14.4. The molecule has 0 bridgehead atoms. The van der Waals surface area contributed by atoms with Crippen LogP contribution >= 0.6 is 11.6 Å². The molecule has 0 radical (unpaired) electrons. The fourth-order valence-electron chi connectivity index (χ4n) is 7.23. The number of halogens is 4. The van der Waals surface area contributed by atoms with Crippen LogP contribution in [0.1, 0.15) is 82.3 Å². The molecule has 12 nitrogen and oxygen atoms in total. The van der Waals surface area contributed by atoms with Gasteiger partial charge < -0.3 is 24.6 Å². The van der Waals surface area contributed by atoms with E-state index in [9.17, 15) is 27.6 Å². The summed E-state index contributed by atoms with van der Waals surface area (Å²) < 4.78 is 54.3. The Kier molecular flexibility index (Phi) is 8.60. The molecule has 16 heteroatoms. The zero-order valence-corrected chi connectivity index (χ0v) is 30.4. The van der Waals surface area contributed by atoms with Gasteiger partial charge >= 0.3 is 12.3 Å². The van der Waals surface area contributed by atoms with Crippen LogP contribution in [-0.4, -0.2) is 67.8 Å². The van der Waals surface area contributed by atoms with Crippen molar-refractivity contribution in [3.8, 4) is 11.4 Å². The van der Waals surface area contributed by atoms with Crippen molar-refractivity contribution in [1.82, 2.24) is 24.1 Å². The van der Waals surface area contributed by atoms with E-state index in [1.807, 2.05) is 43.9 Å². The van der Waals surface area contributed by atoms with Gasteiger partial charge in [-0.05, 0) is 76.4 Å². The maximum absolute atomic E-state index is 14.4. The van der Waals surface area contributed by atoms with Gasteiger partial charge in [-0.2, -0.15) is 22.7 Å². The molecule has 0 aliphatic carbocycles. The first-order valence-electron chi connectivity index (χ1n) is 17.1. The molecule has 0 saturated carbocycles. The Balaban J connectivity index is 1.30. The molecule has 0 unspecified atom stereocenters. The highest BCUT2D eigenvalue weighted by Gasteiger charge is 2.41. The number of nitrogens with zero attached hydrogens (tertiary/aromatic N) is 6. The Hall–Kier alpha value is -4.63. The molecular formula is C36H39ClF3N7O5. The number of alkyl halides is 3. The van der Waals surface area contributed by atoms with Crippen LogP contribution in [0.15, 0.2) is 41.2 Å². The van der Waals surface area contributed by atoms with Crippen molar-refractivity contribution in [2.45, 2.75) is 83.9 Å². The number of nitrogens with one attached hydrogen (secondary N) is 1. The molecule has 1 fully saturated rings. The molecule has 1 N–H and O–H groups in total.